The second kappa shape index (κ2) is 8.71. The Bertz CT molecular complexity index is 784. The molecule has 2 amide bonds. The minimum Gasteiger partial charge on any atom is -0.497 e. The summed E-state index contributed by atoms with van der Waals surface area (Å²) in [5.41, 5.74) is 2.84. The molecular formula is C22H26N2O3. The van der Waals surface area contributed by atoms with E-state index in [0.717, 1.165) is 30.0 Å². The molecule has 0 aliphatic carbocycles. The summed E-state index contributed by atoms with van der Waals surface area (Å²) in [5, 5.41) is 2.94. The lowest BCUT2D eigenvalue weighted by molar-refractivity contribution is -0.122. The van der Waals surface area contributed by atoms with Crippen LogP contribution in [0.25, 0.3) is 0 Å². The van der Waals surface area contributed by atoms with Crippen LogP contribution in [-0.4, -0.2) is 25.5 Å². The van der Waals surface area contributed by atoms with Crippen LogP contribution >= 0.6 is 0 Å². The minimum absolute atomic E-state index is 0.0322. The third kappa shape index (κ3) is 4.67. The highest BCUT2D eigenvalue weighted by Crippen LogP contribution is 2.27. The number of rotatable bonds is 7. The summed E-state index contributed by atoms with van der Waals surface area (Å²) < 4.78 is 5.15. The Morgan fingerprint density at radius 2 is 1.85 bits per heavy atom. The van der Waals surface area contributed by atoms with Crippen LogP contribution in [0.1, 0.15) is 31.7 Å². The molecule has 0 radical (unpaired) electrons. The van der Waals surface area contributed by atoms with Gasteiger partial charge in [0.05, 0.1) is 13.0 Å². The Kier molecular flexibility index (Phi) is 6.12. The van der Waals surface area contributed by atoms with Crippen molar-refractivity contribution in [1.82, 2.24) is 0 Å². The zero-order valence-corrected chi connectivity index (χ0v) is 15.9. The summed E-state index contributed by atoms with van der Waals surface area (Å²) in [4.78, 5) is 26.6. The molecule has 1 heterocycles. The van der Waals surface area contributed by atoms with Crippen LogP contribution < -0.4 is 15.0 Å². The van der Waals surface area contributed by atoms with Crippen LogP contribution in [-0.2, 0) is 16.0 Å². The molecule has 2 aromatic rings. The first kappa shape index (κ1) is 19.0. The number of ether oxygens (including phenoxy) is 1. The number of nitrogens with zero attached hydrogens (tertiary/aromatic N) is 1. The van der Waals surface area contributed by atoms with E-state index in [2.05, 4.69) is 24.4 Å². The number of carbonyl (C=O) groups is 2. The predicted molar refractivity (Wildman–Crippen MR) is 107 cm³/mol. The van der Waals surface area contributed by atoms with Crippen molar-refractivity contribution in [3.8, 4) is 5.75 Å². The Morgan fingerprint density at radius 1 is 1.15 bits per heavy atom. The molecule has 142 valence electrons. The number of aryl methyl sites for hydroxylation is 1. The molecule has 1 aliphatic rings. The highest BCUT2D eigenvalue weighted by molar-refractivity contribution is 6.03. The first-order chi connectivity index (χ1) is 13.1. The van der Waals surface area contributed by atoms with Crippen molar-refractivity contribution in [3.63, 3.8) is 0 Å². The van der Waals surface area contributed by atoms with E-state index in [4.69, 9.17) is 4.74 Å². The van der Waals surface area contributed by atoms with Gasteiger partial charge in [0.1, 0.15) is 5.75 Å². The molecule has 1 aliphatic heterocycles. The number of unbranched alkanes of at least 4 members (excludes halogenated alkanes) is 1. The van der Waals surface area contributed by atoms with Crippen molar-refractivity contribution in [2.75, 3.05) is 23.9 Å². The SMILES string of the molecule is CCCCc1ccc(NC(=O)C2CC(=O)N(c3ccc(OC)cc3)C2)cc1. The second-order valence-corrected chi connectivity index (χ2v) is 6.89. The third-order valence-corrected chi connectivity index (χ3v) is 4.92. The van der Waals surface area contributed by atoms with Crippen LogP contribution in [0, 0.1) is 5.92 Å². The van der Waals surface area contributed by atoms with Crippen molar-refractivity contribution in [3.05, 3.63) is 54.1 Å². The maximum absolute atomic E-state index is 12.6. The zero-order valence-electron chi connectivity index (χ0n) is 15.9. The van der Waals surface area contributed by atoms with Crippen molar-refractivity contribution >= 4 is 23.2 Å². The van der Waals surface area contributed by atoms with Crippen molar-refractivity contribution in [2.24, 2.45) is 5.92 Å². The first-order valence-corrected chi connectivity index (χ1v) is 9.45. The number of anilines is 2. The molecule has 1 atom stereocenters. The normalized spacial score (nSPS) is 16.4. The lowest BCUT2D eigenvalue weighted by Gasteiger charge is -2.17. The van der Waals surface area contributed by atoms with Gasteiger partial charge in [0.15, 0.2) is 0 Å². The van der Waals surface area contributed by atoms with Gasteiger partial charge < -0.3 is 15.0 Å². The van der Waals surface area contributed by atoms with Gasteiger partial charge in [0.25, 0.3) is 0 Å². The molecule has 1 unspecified atom stereocenters. The van der Waals surface area contributed by atoms with Crippen LogP contribution in [0.4, 0.5) is 11.4 Å². The summed E-state index contributed by atoms with van der Waals surface area (Å²) in [7, 11) is 1.60. The van der Waals surface area contributed by atoms with Gasteiger partial charge in [-0.25, -0.2) is 0 Å². The van der Waals surface area contributed by atoms with Gasteiger partial charge in [0.2, 0.25) is 11.8 Å². The zero-order chi connectivity index (χ0) is 19.2. The molecule has 0 spiro atoms. The van der Waals surface area contributed by atoms with E-state index >= 15 is 0 Å². The number of nitrogens with one attached hydrogen (secondary N) is 1. The molecule has 0 aromatic heterocycles. The third-order valence-electron chi connectivity index (χ3n) is 4.92. The molecule has 1 fully saturated rings. The Balaban J connectivity index is 1.59. The van der Waals surface area contributed by atoms with Crippen LogP contribution in [0.2, 0.25) is 0 Å². The molecule has 0 bridgehead atoms. The standard InChI is InChI=1S/C22H26N2O3/c1-3-4-5-16-6-8-18(9-7-16)23-22(26)17-14-21(25)24(15-17)19-10-12-20(27-2)13-11-19/h6-13,17H,3-5,14-15H2,1-2H3,(H,23,26). The van der Waals surface area contributed by atoms with Crippen molar-refractivity contribution in [1.29, 1.82) is 0 Å². The van der Waals surface area contributed by atoms with Gasteiger partial charge >= 0.3 is 0 Å². The van der Waals surface area contributed by atoms with Gasteiger partial charge in [0, 0.05) is 24.3 Å². The quantitative estimate of drug-likeness (QED) is 0.805. The largest absolute Gasteiger partial charge is 0.497 e. The Labute approximate surface area is 160 Å². The van der Waals surface area contributed by atoms with E-state index in [1.807, 2.05) is 36.4 Å². The predicted octanol–water partition coefficient (Wildman–Crippen LogP) is 4.03. The highest BCUT2D eigenvalue weighted by atomic mass is 16.5. The summed E-state index contributed by atoms with van der Waals surface area (Å²) in [6, 6.07) is 15.3. The summed E-state index contributed by atoms with van der Waals surface area (Å²) >= 11 is 0. The number of hydrogen-bond acceptors (Lipinski definition) is 3. The number of benzene rings is 2. The molecule has 27 heavy (non-hydrogen) atoms. The molecule has 2 aromatic carbocycles. The molecule has 5 nitrogen and oxygen atoms in total. The topological polar surface area (TPSA) is 58.6 Å². The van der Waals surface area contributed by atoms with Crippen LogP contribution in [0.5, 0.6) is 5.75 Å². The molecule has 0 saturated carbocycles. The summed E-state index contributed by atoms with van der Waals surface area (Å²) in [6.45, 7) is 2.57. The van der Waals surface area contributed by atoms with Crippen LogP contribution in [0.15, 0.2) is 48.5 Å². The summed E-state index contributed by atoms with van der Waals surface area (Å²) in [6.07, 6.45) is 3.61. The average molecular weight is 366 g/mol. The molecule has 1 saturated heterocycles. The fourth-order valence-electron chi connectivity index (χ4n) is 3.27. The van der Waals surface area contributed by atoms with Gasteiger partial charge in [-0.05, 0) is 54.8 Å². The number of carbonyl (C=O) groups excluding carboxylic acids is 2. The van der Waals surface area contributed by atoms with Crippen LogP contribution in [0.3, 0.4) is 0 Å². The lowest BCUT2D eigenvalue weighted by atomic mass is 10.1. The average Bonchev–Trinajstić information content (AvgIpc) is 3.09. The fraction of sp³-hybridized carbons (Fsp3) is 0.364. The van der Waals surface area contributed by atoms with Gasteiger partial charge in [-0.15, -0.1) is 0 Å². The first-order valence-electron chi connectivity index (χ1n) is 9.45. The monoisotopic (exact) mass is 366 g/mol. The molecule has 5 heteroatoms. The number of amides is 2. The van der Waals surface area contributed by atoms with E-state index in [1.165, 1.54) is 12.0 Å². The molecule has 3 rings (SSSR count). The van der Waals surface area contributed by atoms with Crippen molar-refractivity contribution in [2.45, 2.75) is 32.6 Å². The molecular weight excluding hydrogens is 340 g/mol. The molecule has 1 N–H and O–H groups in total. The van der Waals surface area contributed by atoms with E-state index in [-0.39, 0.29) is 24.2 Å². The number of methoxy groups -OCH3 is 1. The van der Waals surface area contributed by atoms with Gasteiger partial charge in [-0.2, -0.15) is 0 Å². The van der Waals surface area contributed by atoms with Gasteiger partial charge in [-0.1, -0.05) is 25.5 Å². The van der Waals surface area contributed by atoms with E-state index < -0.39 is 0 Å². The van der Waals surface area contributed by atoms with E-state index in [9.17, 15) is 9.59 Å². The maximum atomic E-state index is 12.6. The van der Waals surface area contributed by atoms with E-state index in [1.54, 1.807) is 12.0 Å². The summed E-state index contributed by atoms with van der Waals surface area (Å²) in [5.74, 6) is 0.248. The fourth-order valence-corrected chi connectivity index (χ4v) is 3.27. The minimum atomic E-state index is -0.348. The Hall–Kier alpha value is -2.82. The second-order valence-electron chi connectivity index (χ2n) is 6.89. The lowest BCUT2D eigenvalue weighted by Crippen LogP contribution is -2.28. The number of hydrogen-bond donors (Lipinski definition) is 1. The van der Waals surface area contributed by atoms with Crippen molar-refractivity contribution < 1.29 is 14.3 Å². The van der Waals surface area contributed by atoms with E-state index in [0.29, 0.717) is 6.54 Å². The Morgan fingerprint density at radius 3 is 2.48 bits per heavy atom. The maximum Gasteiger partial charge on any atom is 0.229 e. The highest BCUT2D eigenvalue weighted by Gasteiger charge is 2.35. The van der Waals surface area contributed by atoms with Gasteiger partial charge in [-0.3, -0.25) is 9.59 Å². The smallest absolute Gasteiger partial charge is 0.229 e.